The summed E-state index contributed by atoms with van der Waals surface area (Å²) in [5, 5.41) is 21.4. The number of ether oxygens (including phenoxy) is 3. The van der Waals surface area contributed by atoms with Gasteiger partial charge in [-0.15, -0.1) is 0 Å². The van der Waals surface area contributed by atoms with Crippen LogP contribution in [0.4, 0.5) is 0 Å². The van der Waals surface area contributed by atoms with E-state index in [1.54, 1.807) is 6.92 Å². The number of hydrogen-bond acceptors (Lipinski definition) is 7. The molecule has 3 heterocycles. The molecular weight excluding hydrogens is 280 g/mol. The summed E-state index contributed by atoms with van der Waals surface area (Å²) in [6, 6.07) is 0. The average Bonchev–Trinajstić information content (AvgIpc) is 2.84. The summed E-state index contributed by atoms with van der Waals surface area (Å²) in [6.07, 6.45) is -2.61. The predicted molar refractivity (Wildman–Crippen MR) is 65.5 cm³/mol. The van der Waals surface area contributed by atoms with Gasteiger partial charge in [-0.2, -0.15) is 0 Å². The first-order valence-electron chi connectivity index (χ1n) is 7.28. The maximum Gasteiger partial charge on any atom is 0.335 e. The van der Waals surface area contributed by atoms with E-state index in [4.69, 9.17) is 14.2 Å². The highest BCUT2D eigenvalue weighted by molar-refractivity contribution is 5.88. The highest BCUT2D eigenvalue weighted by Crippen LogP contribution is 2.65. The van der Waals surface area contributed by atoms with Crippen molar-refractivity contribution in [2.45, 2.75) is 44.6 Å². The molecule has 2 bridgehead atoms. The molecule has 7 heteroatoms. The lowest BCUT2D eigenvalue weighted by molar-refractivity contribution is -0.371. The molecule has 1 saturated carbocycles. The van der Waals surface area contributed by atoms with E-state index in [1.165, 1.54) is 0 Å². The van der Waals surface area contributed by atoms with Gasteiger partial charge in [0.15, 0.2) is 11.9 Å². The van der Waals surface area contributed by atoms with Crippen molar-refractivity contribution in [3.8, 4) is 0 Å². The van der Waals surface area contributed by atoms with Gasteiger partial charge in [0.1, 0.15) is 6.10 Å². The number of Topliss-reactive ketones (excluding diaryl/α,β-unsaturated/α-hetero) is 1. The van der Waals surface area contributed by atoms with Gasteiger partial charge in [0, 0.05) is 11.8 Å². The molecule has 0 aromatic heterocycles. The molecule has 1 spiro atoms. The van der Waals surface area contributed by atoms with Crippen molar-refractivity contribution in [2.24, 2.45) is 23.2 Å². The van der Waals surface area contributed by atoms with Gasteiger partial charge in [-0.1, -0.05) is 13.8 Å². The zero-order valence-electron chi connectivity index (χ0n) is 11.8. The number of esters is 1. The van der Waals surface area contributed by atoms with E-state index in [-0.39, 0.29) is 18.3 Å². The molecule has 0 aromatic rings. The van der Waals surface area contributed by atoms with Crippen molar-refractivity contribution in [3.05, 3.63) is 0 Å². The molecule has 3 aliphatic heterocycles. The summed E-state index contributed by atoms with van der Waals surface area (Å²) in [4.78, 5) is 24.2. The third-order valence-corrected chi connectivity index (χ3v) is 5.74. The number of carbonyl (C=O) groups excluding carboxylic acids is 2. The Morgan fingerprint density at radius 3 is 2.67 bits per heavy atom. The molecular formula is C14H18O7. The number of cyclic esters (lactones) is 1. The van der Waals surface area contributed by atoms with E-state index in [0.717, 1.165) is 0 Å². The smallest absolute Gasteiger partial charge is 0.335 e. The van der Waals surface area contributed by atoms with Gasteiger partial charge in [-0.3, -0.25) is 4.79 Å². The number of carbonyl (C=O) groups is 2. The van der Waals surface area contributed by atoms with Crippen LogP contribution < -0.4 is 0 Å². The summed E-state index contributed by atoms with van der Waals surface area (Å²) >= 11 is 0. The second kappa shape index (κ2) is 3.84. The van der Waals surface area contributed by atoms with Crippen LogP contribution in [0.1, 0.15) is 20.3 Å². The number of aliphatic hydroxyl groups excluding tert-OH is 1. The lowest BCUT2D eigenvalue weighted by Crippen LogP contribution is -2.59. The van der Waals surface area contributed by atoms with Crippen LogP contribution in [0.15, 0.2) is 0 Å². The number of fused-ring (bicyclic) bond motifs is 2. The molecule has 0 radical (unpaired) electrons. The van der Waals surface area contributed by atoms with Crippen LogP contribution >= 0.6 is 0 Å². The Kier molecular flexibility index (Phi) is 2.49. The summed E-state index contributed by atoms with van der Waals surface area (Å²) < 4.78 is 16.1. The second-order valence-electron chi connectivity index (χ2n) is 6.75. The number of rotatable bonds is 0. The van der Waals surface area contributed by atoms with E-state index in [9.17, 15) is 19.8 Å². The quantitative estimate of drug-likeness (QED) is 0.564. The van der Waals surface area contributed by atoms with Gasteiger partial charge in [0.05, 0.1) is 18.1 Å². The van der Waals surface area contributed by atoms with E-state index >= 15 is 0 Å². The van der Waals surface area contributed by atoms with Crippen molar-refractivity contribution in [1.29, 1.82) is 0 Å². The summed E-state index contributed by atoms with van der Waals surface area (Å²) in [5.41, 5.74) is -1.29. The van der Waals surface area contributed by atoms with Crippen LogP contribution in [0.3, 0.4) is 0 Å². The SMILES string of the molecule is CC1C(=O)[C@@H](O)[C@@]23C[C@H]1O[C@]2(O)O[C@@H]1C(=O)OC[C@@H](C)[C@@H]13. The van der Waals surface area contributed by atoms with Crippen molar-refractivity contribution in [1.82, 2.24) is 0 Å². The number of aliphatic hydroxyl groups is 2. The zero-order chi connectivity index (χ0) is 15.2. The normalized spacial score (nSPS) is 58.7. The zero-order valence-corrected chi connectivity index (χ0v) is 11.8. The molecule has 3 saturated heterocycles. The van der Waals surface area contributed by atoms with Gasteiger partial charge < -0.3 is 24.4 Å². The van der Waals surface area contributed by atoms with E-state index in [0.29, 0.717) is 6.42 Å². The predicted octanol–water partition coefficient (Wildman–Crippen LogP) is -0.805. The third-order valence-electron chi connectivity index (χ3n) is 5.74. The lowest BCUT2D eigenvalue weighted by atomic mass is 9.58. The fourth-order valence-electron chi connectivity index (χ4n) is 4.65. The van der Waals surface area contributed by atoms with E-state index < -0.39 is 47.5 Å². The largest absolute Gasteiger partial charge is 0.463 e. The summed E-state index contributed by atoms with van der Waals surface area (Å²) in [6.45, 7) is 3.71. The summed E-state index contributed by atoms with van der Waals surface area (Å²) in [5.74, 6) is -4.19. The van der Waals surface area contributed by atoms with Crippen LogP contribution in [-0.4, -0.2) is 52.9 Å². The Bertz CT molecular complexity index is 533. The Balaban J connectivity index is 1.87. The van der Waals surface area contributed by atoms with Gasteiger partial charge in [0.25, 0.3) is 5.97 Å². The molecule has 4 aliphatic rings. The van der Waals surface area contributed by atoms with Gasteiger partial charge in [-0.25, -0.2) is 4.79 Å². The molecule has 2 N–H and O–H groups in total. The summed E-state index contributed by atoms with van der Waals surface area (Å²) in [7, 11) is 0. The first kappa shape index (κ1) is 13.6. The van der Waals surface area contributed by atoms with Crippen molar-refractivity contribution in [3.63, 3.8) is 0 Å². The molecule has 21 heavy (non-hydrogen) atoms. The standard InChI is InChI=1S/C14H18O7/c1-5-4-19-12(17)10-8(5)13-3-7(20-14(13,18)21-10)6(2)9(15)11(13)16/h5-8,10-11,16,18H,3-4H2,1-2H3/t5-,6?,7-,8+,10+,11-,13+,14+/m1/s1. The van der Waals surface area contributed by atoms with Crippen LogP contribution in [0.2, 0.25) is 0 Å². The highest BCUT2D eigenvalue weighted by Gasteiger charge is 2.80. The minimum atomic E-state index is -2.11. The van der Waals surface area contributed by atoms with Crippen molar-refractivity contribution in [2.75, 3.05) is 6.61 Å². The monoisotopic (exact) mass is 298 g/mol. The fourth-order valence-corrected chi connectivity index (χ4v) is 4.65. The van der Waals surface area contributed by atoms with Crippen molar-refractivity contribution < 1.29 is 34.0 Å². The minimum absolute atomic E-state index is 0.139. The molecule has 4 fully saturated rings. The van der Waals surface area contributed by atoms with E-state index in [2.05, 4.69) is 0 Å². The molecule has 7 nitrogen and oxygen atoms in total. The molecule has 0 amide bonds. The highest BCUT2D eigenvalue weighted by atomic mass is 16.8. The van der Waals surface area contributed by atoms with Crippen LogP contribution in [0.25, 0.3) is 0 Å². The third kappa shape index (κ3) is 1.34. The van der Waals surface area contributed by atoms with Crippen LogP contribution in [0, 0.1) is 23.2 Å². The van der Waals surface area contributed by atoms with Crippen molar-refractivity contribution >= 4 is 11.8 Å². The lowest BCUT2D eigenvalue weighted by Gasteiger charge is -2.44. The molecule has 1 aliphatic carbocycles. The maximum absolute atomic E-state index is 12.3. The minimum Gasteiger partial charge on any atom is -0.463 e. The molecule has 4 rings (SSSR count). The van der Waals surface area contributed by atoms with E-state index in [1.807, 2.05) is 6.92 Å². The topological polar surface area (TPSA) is 102 Å². The van der Waals surface area contributed by atoms with Crippen LogP contribution in [-0.2, 0) is 23.8 Å². The van der Waals surface area contributed by atoms with Gasteiger partial charge >= 0.3 is 5.97 Å². The molecule has 8 atom stereocenters. The molecule has 0 aromatic carbocycles. The fraction of sp³-hybridized carbons (Fsp3) is 0.857. The molecule has 116 valence electrons. The second-order valence-corrected chi connectivity index (χ2v) is 6.75. The molecule has 1 unspecified atom stereocenters. The Morgan fingerprint density at radius 2 is 1.95 bits per heavy atom. The maximum atomic E-state index is 12.3. The first-order valence-corrected chi connectivity index (χ1v) is 7.28. The average molecular weight is 298 g/mol. The number of hydrogen-bond donors (Lipinski definition) is 2. The van der Waals surface area contributed by atoms with Crippen LogP contribution in [0.5, 0.6) is 0 Å². The van der Waals surface area contributed by atoms with Gasteiger partial charge in [-0.05, 0) is 12.3 Å². The Morgan fingerprint density at radius 1 is 1.24 bits per heavy atom. The first-order chi connectivity index (χ1) is 9.82. The number of ketones is 1. The van der Waals surface area contributed by atoms with Gasteiger partial charge in [0.2, 0.25) is 0 Å². The Hall–Kier alpha value is -1.02. The Labute approximate surface area is 121 Å².